The van der Waals surface area contributed by atoms with Crippen molar-refractivity contribution in [2.45, 2.75) is 20.0 Å². The summed E-state index contributed by atoms with van der Waals surface area (Å²) in [6.07, 6.45) is 3.99. The summed E-state index contributed by atoms with van der Waals surface area (Å²) in [7, 11) is 1.88. The molecule has 1 aliphatic rings. The predicted molar refractivity (Wildman–Crippen MR) is 125 cm³/mol. The maximum Gasteiger partial charge on any atom is 0.328 e. The van der Waals surface area contributed by atoms with E-state index in [0.29, 0.717) is 16.8 Å². The van der Waals surface area contributed by atoms with Gasteiger partial charge in [0.1, 0.15) is 4.70 Å². The van der Waals surface area contributed by atoms with Gasteiger partial charge >= 0.3 is 5.69 Å². The van der Waals surface area contributed by atoms with Gasteiger partial charge in [-0.05, 0) is 25.1 Å². The molecule has 1 aliphatic heterocycles. The Morgan fingerprint density at radius 3 is 2.74 bits per heavy atom. The summed E-state index contributed by atoms with van der Waals surface area (Å²) in [6, 6.07) is 6.19. The van der Waals surface area contributed by atoms with Crippen LogP contribution >= 0.6 is 11.3 Å². The highest BCUT2D eigenvalue weighted by atomic mass is 32.1. The van der Waals surface area contributed by atoms with Gasteiger partial charge in [0, 0.05) is 57.4 Å². The van der Waals surface area contributed by atoms with Crippen LogP contribution in [0.1, 0.15) is 11.8 Å². The van der Waals surface area contributed by atoms with Crippen LogP contribution in [0.25, 0.3) is 15.7 Å². The highest BCUT2D eigenvalue weighted by Crippen LogP contribution is 2.24. The van der Waals surface area contributed by atoms with Crippen LogP contribution in [0.4, 0.5) is 11.6 Å². The molecule has 1 saturated heterocycles. The first-order chi connectivity index (χ1) is 15.1. The normalized spacial score (nSPS) is 15.2. The summed E-state index contributed by atoms with van der Waals surface area (Å²) >= 11 is 1.48. The molecule has 10 heteroatoms. The van der Waals surface area contributed by atoms with E-state index in [0.717, 1.165) is 49.1 Å². The van der Waals surface area contributed by atoms with Gasteiger partial charge in [-0.25, -0.2) is 9.78 Å². The summed E-state index contributed by atoms with van der Waals surface area (Å²) in [5, 5.41) is 3.12. The second-order valence-electron chi connectivity index (χ2n) is 7.71. The fraction of sp³-hybridized carbons (Fsp3) is 0.381. The van der Waals surface area contributed by atoms with Crippen molar-refractivity contribution < 1.29 is 0 Å². The second kappa shape index (κ2) is 7.86. The molecule has 0 saturated carbocycles. The summed E-state index contributed by atoms with van der Waals surface area (Å²) in [5.74, 6) is 0.834. The van der Waals surface area contributed by atoms with E-state index in [1.807, 2.05) is 19.3 Å². The number of thiophene rings is 1. The summed E-state index contributed by atoms with van der Waals surface area (Å²) in [6.45, 7) is 6.69. The van der Waals surface area contributed by atoms with Crippen LogP contribution in [0.2, 0.25) is 0 Å². The maximum atomic E-state index is 12.5. The Morgan fingerprint density at radius 2 is 2.00 bits per heavy atom. The second-order valence-corrected chi connectivity index (χ2v) is 8.85. The average Bonchev–Trinajstić information content (AvgIpc) is 3.37. The lowest BCUT2D eigenvalue weighted by molar-refractivity contribution is 0.252. The van der Waals surface area contributed by atoms with Crippen LogP contribution in [-0.4, -0.2) is 57.1 Å². The fourth-order valence-corrected chi connectivity index (χ4v) is 5.30. The summed E-state index contributed by atoms with van der Waals surface area (Å²) < 4.78 is 3.95. The Balaban J connectivity index is 1.29. The number of pyridine rings is 1. The molecular weight excluding hydrogens is 414 g/mol. The molecule has 0 aromatic carbocycles. The highest BCUT2D eigenvalue weighted by molar-refractivity contribution is 7.18. The number of nitrogens with zero attached hydrogens (tertiary/aromatic N) is 5. The Hall–Kier alpha value is -3.11. The lowest BCUT2D eigenvalue weighted by atomic mass is 10.2. The van der Waals surface area contributed by atoms with Crippen LogP contribution in [0.15, 0.2) is 40.2 Å². The number of piperazine rings is 1. The van der Waals surface area contributed by atoms with E-state index in [4.69, 9.17) is 0 Å². The fourth-order valence-electron chi connectivity index (χ4n) is 4.19. The molecule has 0 aliphatic carbocycles. The van der Waals surface area contributed by atoms with Crippen molar-refractivity contribution >= 4 is 38.7 Å². The quantitative estimate of drug-likeness (QED) is 0.493. The van der Waals surface area contributed by atoms with Crippen LogP contribution in [0, 0.1) is 0 Å². The van der Waals surface area contributed by atoms with E-state index in [9.17, 15) is 9.59 Å². The molecule has 0 amide bonds. The molecule has 0 unspecified atom stereocenters. The number of hydrogen-bond donors (Lipinski definition) is 2. The van der Waals surface area contributed by atoms with Gasteiger partial charge in [0.05, 0.1) is 22.9 Å². The molecule has 4 aromatic rings. The molecule has 4 aromatic heterocycles. The smallest absolute Gasteiger partial charge is 0.328 e. The number of H-pyrrole nitrogens is 1. The number of imidazole rings is 1. The first kappa shape index (κ1) is 19.8. The molecule has 31 heavy (non-hydrogen) atoms. The minimum absolute atomic E-state index is 0.196. The molecule has 1 fully saturated rings. The Bertz CT molecular complexity index is 1360. The number of hydrogen-bond acceptors (Lipinski definition) is 7. The SMILES string of the molecule is CCn1c(=O)[nH]c2cc(CN3CCN(c4ccc5cnc(NC)n5c4)CC3)sc2c1=O. The first-order valence-electron chi connectivity index (χ1n) is 10.4. The van der Waals surface area contributed by atoms with Crippen molar-refractivity contribution in [3.63, 3.8) is 0 Å². The molecule has 9 nitrogen and oxygen atoms in total. The summed E-state index contributed by atoms with van der Waals surface area (Å²) in [4.78, 5) is 37.7. The average molecular weight is 440 g/mol. The van der Waals surface area contributed by atoms with Gasteiger partial charge in [-0.1, -0.05) is 0 Å². The zero-order chi connectivity index (χ0) is 21.5. The number of aromatic amines is 1. The maximum absolute atomic E-state index is 12.5. The highest BCUT2D eigenvalue weighted by Gasteiger charge is 2.19. The topological polar surface area (TPSA) is 90.7 Å². The van der Waals surface area contributed by atoms with Gasteiger partial charge in [0.25, 0.3) is 5.56 Å². The number of anilines is 2. The zero-order valence-electron chi connectivity index (χ0n) is 17.6. The molecule has 2 N–H and O–H groups in total. The van der Waals surface area contributed by atoms with Gasteiger partial charge < -0.3 is 15.2 Å². The van der Waals surface area contributed by atoms with Crippen LogP contribution < -0.4 is 21.5 Å². The van der Waals surface area contributed by atoms with Crippen molar-refractivity contribution in [2.75, 3.05) is 43.4 Å². The van der Waals surface area contributed by atoms with Gasteiger partial charge in [-0.15, -0.1) is 11.3 Å². The van der Waals surface area contributed by atoms with Crippen molar-refractivity contribution in [2.24, 2.45) is 0 Å². The zero-order valence-corrected chi connectivity index (χ0v) is 18.4. The van der Waals surface area contributed by atoms with E-state index in [1.165, 1.54) is 21.6 Å². The van der Waals surface area contributed by atoms with Gasteiger partial charge in [-0.3, -0.25) is 18.7 Å². The third-order valence-corrected chi connectivity index (χ3v) is 6.99. The van der Waals surface area contributed by atoms with E-state index in [-0.39, 0.29) is 11.2 Å². The van der Waals surface area contributed by atoms with Crippen LogP contribution in [0.5, 0.6) is 0 Å². The van der Waals surface area contributed by atoms with Crippen molar-refractivity contribution in [1.82, 2.24) is 23.8 Å². The number of fused-ring (bicyclic) bond motifs is 2. The number of aromatic nitrogens is 4. The number of rotatable bonds is 5. The van der Waals surface area contributed by atoms with Crippen molar-refractivity contribution in [3.05, 3.63) is 56.3 Å². The molecule has 0 radical (unpaired) electrons. The molecular formula is C21H25N7O2S. The Labute approximate surface area is 182 Å². The van der Waals surface area contributed by atoms with E-state index in [2.05, 4.69) is 47.8 Å². The van der Waals surface area contributed by atoms with E-state index >= 15 is 0 Å². The lowest BCUT2D eigenvalue weighted by Crippen LogP contribution is -2.45. The van der Waals surface area contributed by atoms with Crippen molar-refractivity contribution in [1.29, 1.82) is 0 Å². The van der Waals surface area contributed by atoms with Crippen LogP contribution in [-0.2, 0) is 13.1 Å². The monoisotopic (exact) mass is 439 g/mol. The largest absolute Gasteiger partial charge is 0.368 e. The lowest BCUT2D eigenvalue weighted by Gasteiger charge is -2.35. The molecule has 5 rings (SSSR count). The van der Waals surface area contributed by atoms with Gasteiger partial charge in [0.2, 0.25) is 5.95 Å². The minimum atomic E-state index is -0.339. The molecule has 5 heterocycles. The Morgan fingerprint density at radius 1 is 1.19 bits per heavy atom. The minimum Gasteiger partial charge on any atom is -0.368 e. The molecule has 162 valence electrons. The van der Waals surface area contributed by atoms with Gasteiger partial charge in [-0.2, -0.15) is 0 Å². The molecule has 0 bridgehead atoms. The first-order valence-corrected chi connectivity index (χ1v) is 11.3. The molecule has 0 spiro atoms. The third-order valence-electron chi connectivity index (χ3n) is 5.88. The Kier molecular flexibility index (Phi) is 5.03. The van der Waals surface area contributed by atoms with E-state index in [1.54, 1.807) is 6.92 Å². The third kappa shape index (κ3) is 3.51. The van der Waals surface area contributed by atoms with Gasteiger partial charge in [0.15, 0.2) is 0 Å². The predicted octanol–water partition coefficient (Wildman–Crippen LogP) is 1.78. The standard InChI is InChI=1S/C21H25N7O2S/c1-3-27-19(29)18-17(24-21(27)30)10-16(31-18)13-25-6-8-26(9-7-25)15-5-4-14-11-23-20(22-2)28(14)12-15/h4-5,10-12H,3,6-9,13H2,1-2H3,(H,22,23)(H,24,30). The molecule has 0 atom stereocenters. The summed E-state index contributed by atoms with van der Waals surface area (Å²) in [5.41, 5.74) is 2.36. The van der Waals surface area contributed by atoms with E-state index < -0.39 is 0 Å². The van der Waals surface area contributed by atoms with Crippen LogP contribution in [0.3, 0.4) is 0 Å². The number of nitrogens with one attached hydrogen (secondary N) is 2. The van der Waals surface area contributed by atoms with Crippen molar-refractivity contribution in [3.8, 4) is 0 Å².